The highest BCUT2D eigenvalue weighted by molar-refractivity contribution is 8.05. The van der Waals surface area contributed by atoms with Gasteiger partial charge in [-0.05, 0) is 38.1 Å². The second kappa shape index (κ2) is 13.4. The monoisotopic (exact) mass is 540 g/mol. The molecule has 3 rings (SSSR count). The molecule has 0 radical (unpaired) electrons. The largest absolute Gasteiger partial charge is 0.449 e. The van der Waals surface area contributed by atoms with Gasteiger partial charge in [-0.2, -0.15) is 0 Å². The fourth-order valence-corrected chi connectivity index (χ4v) is 7.43. The standard InChI is InChI=1S/C25H30FO8PS/c1-4-30-35(29,31-5-2)21(36-19-14-10-7-11-15-19)16-20-22(26)23(25(33-20)32-17(3)27)34-24(28)18-12-8-6-9-13-18/h6-15,20-23,25H,4-5,16H2,1-3H3/t20-,21?,22-,23?,25-/m1/s1. The summed E-state index contributed by atoms with van der Waals surface area (Å²) in [7, 11) is -3.72. The lowest BCUT2D eigenvalue weighted by molar-refractivity contribution is -0.186. The van der Waals surface area contributed by atoms with Gasteiger partial charge in [0.1, 0.15) is 4.99 Å². The molecule has 1 aliphatic heterocycles. The number of benzene rings is 2. The van der Waals surface area contributed by atoms with Crippen LogP contribution in [0.5, 0.6) is 0 Å². The lowest BCUT2D eigenvalue weighted by Crippen LogP contribution is -2.37. The first-order valence-electron chi connectivity index (χ1n) is 11.6. The van der Waals surface area contributed by atoms with Crippen LogP contribution in [0.2, 0.25) is 0 Å². The van der Waals surface area contributed by atoms with E-state index >= 15 is 4.39 Å². The number of halogens is 1. The van der Waals surface area contributed by atoms with Crippen molar-refractivity contribution in [3.8, 4) is 0 Å². The minimum Gasteiger partial charge on any atom is -0.449 e. The molecule has 1 fully saturated rings. The first kappa shape index (κ1) is 28.3. The molecule has 1 heterocycles. The Morgan fingerprint density at radius 3 is 2.14 bits per heavy atom. The second-order valence-corrected chi connectivity index (χ2v) is 11.7. The summed E-state index contributed by atoms with van der Waals surface area (Å²) in [4.78, 5) is 24.2. The topological polar surface area (TPSA) is 97.4 Å². The maximum atomic E-state index is 15.7. The van der Waals surface area contributed by atoms with Crippen molar-refractivity contribution in [2.45, 2.75) is 61.7 Å². The molecule has 5 atom stereocenters. The fourth-order valence-electron chi connectivity index (χ4n) is 3.68. The van der Waals surface area contributed by atoms with Crippen LogP contribution < -0.4 is 0 Å². The number of thioether (sulfide) groups is 1. The molecule has 11 heteroatoms. The predicted molar refractivity (Wildman–Crippen MR) is 133 cm³/mol. The van der Waals surface area contributed by atoms with Crippen LogP contribution in [-0.2, 0) is 32.6 Å². The number of carbonyl (C=O) groups is 2. The van der Waals surface area contributed by atoms with E-state index in [9.17, 15) is 14.2 Å². The molecule has 2 aromatic rings. The molecule has 36 heavy (non-hydrogen) atoms. The fraction of sp³-hybridized carbons (Fsp3) is 0.440. The summed E-state index contributed by atoms with van der Waals surface area (Å²) in [6.07, 6.45) is -6.16. The number of hydrogen-bond donors (Lipinski definition) is 0. The van der Waals surface area contributed by atoms with Crippen LogP contribution in [0.1, 0.15) is 37.6 Å². The van der Waals surface area contributed by atoms with Crippen LogP contribution in [0, 0.1) is 0 Å². The van der Waals surface area contributed by atoms with Crippen molar-refractivity contribution in [3.05, 3.63) is 66.2 Å². The maximum Gasteiger partial charge on any atom is 0.343 e. The second-order valence-electron chi connectivity index (χ2n) is 7.83. The van der Waals surface area contributed by atoms with Crippen molar-refractivity contribution in [1.82, 2.24) is 0 Å². The quantitative estimate of drug-likeness (QED) is 0.193. The number of alkyl halides is 1. The van der Waals surface area contributed by atoms with Crippen LogP contribution in [0.4, 0.5) is 4.39 Å². The molecule has 0 N–H and O–H groups in total. The molecule has 0 bridgehead atoms. The van der Waals surface area contributed by atoms with E-state index in [-0.39, 0.29) is 25.2 Å². The number of hydrogen-bond acceptors (Lipinski definition) is 9. The van der Waals surface area contributed by atoms with Crippen LogP contribution in [-0.4, -0.2) is 54.8 Å². The Morgan fingerprint density at radius 1 is 1.00 bits per heavy atom. The van der Waals surface area contributed by atoms with Crippen molar-refractivity contribution >= 4 is 31.3 Å². The van der Waals surface area contributed by atoms with Crippen LogP contribution in [0.3, 0.4) is 0 Å². The summed E-state index contributed by atoms with van der Waals surface area (Å²) in [5.74, 6) is -1.51. The third-order valence-corrected chi connectivity index (χ3v) is 9.45. The molecule has 8 nitrogen and oxygen atoms in total. The van der Waals surface area contributed by atoms with Gasteiger partial charge in [0.2, 0.25) is 6.29 Å². The normalized spacial score (nSPS) is 22.7. The molecule has 2 unspecified atom stereocenters. The zero-order valence-electron chi connectivity index (χ0n) is 20.3. The molecule has 0 aromatic heterocycles. The molecule has 0 aliphatic carbocycles. The average molecular weight is 541 g/mol. The van der Waals surface area contributed by atoms with Gasteiger partial charge in [-0.25, -0.2) is 9.18 Å². The van der Waals surface area contributed by atoms with Crippen molar-refractivity contribution in [1.29, 1.82) is 0 Å². The Balaban J connectivity index is 1.85. The number of rotatable bonds is 12. The van der Waals surface area contributed by atoms with Gasteiger partial charge < -0.3 is 23.3 Å². The Labute approximate surface area is 214 Å². The van der Waals surface area contributed by atoms with E-state index in [2.05, 4.69) is 0 Å². The summed E-state index contributed by atoms with van der Waals surface area (Å²) in [5, 5.41) is 0. The molecule has 0 amide bonds. The highest BCUT2D eigenvalue weighted by Crippen LogP contribution is 2.60. The van der Waals surface area contributed by atoms with Crippen LogP contribution >= 0.6 is 19.4 Å². The van der Waals surface area contributed by atoms with Crippen LogP contribution in [0.25, 0.3) is 0 Å². The van der Waals surface area contributed by atoms with E-state index < -0.39 is 49.2 Å². The molecule has 196 valence electrons. The number of esters is 2. The van der Waals surface area contributed by atoms with Gasteiger partial charge in [-0.15, -0.1) is 11.8 Å². The zero-order chi connectivity index (χ0) is 26.1. The molecule has 0 saturated carbocycles. The zero-order valence-corrected chi connectivity index (χ0v) is 22.0. The number of carbonyl (C=O) groups excluding carboxylic acids is 2. The molecular weight excluding hydrogens is 510 g/mol. The summed E-state index contributed by atoms with van der Waals surface area (Å²) < 4.78 is 56.7. The smallest absolute Gasteiger partial charge is 0.343 e. The first-order chi connectivity index (χ1) is 17.3. The average Bonchev–Trinajstić information content (AvgIpc) is 3.13. The van der Waals surface area contributed by atoms with E-state index in [0.29, 0.717) is 0 Å². The van der Waals surface area contributed by atoms with Gasteiger partial charge in [0.05, 0.1) is 24.9 Å². The molecule has 0 spiro atoms. The van der Waals surface area contributed by atoms with Crippen molar-refractivity contribution in [3.63, 3.8) is 0 Å². The summed E-state index contributed by atoms with van der Waals surface area (Å²) in [5.41, 5.74) is 0.212. The molecular formula is C25H30FO8PS. The number of ether oxygens (including phenoxy) is 3. The van der Waals surface area contributed by atoms with Gasteiger partial charge in [0.15, 0.2) is 12.3 Å². The highest BCUT2D eigenvalue weighted by atomic mass is 32.2. The van der Waals surface area contributed by atoms with E-state index in [1.807, 2.05) is 30.3 Å². The van der Waals surface area contributed by atoms with Gasteiger partial charge in [0, 0.05) is 18.2 Å². The van der Waals surface area contributed by atoms with Gasteiger partial charge in [-0.3, -0.25) is 9.36 Å². The highest BCUT2D eigenvalue weighted by Gasteiger charge is 2.52. The van der Waals surface area contributed by atoms with Crippen molar-refractivity contribution in [2.75, 3.05) is 13.2 Å². The van der Waals surface area contributed by atoms with E-state index in [4.69, 9.17) is 23.3 Å². The third-order valence-electron chi connectivity index (χ3n) is 5.20. The molecule has 1 saturated heterocycles. The third kappa shape index (κ3) is 7.40. The minimum absolute atomic E-state index is 0.116. The minimum atomic E-state index is -3.72. The van der Waals surface area contributed by atoms with Gasteiger partial charge in [0.25, 0.3) is 0 Å². The lowest BCUT2D eigenvalue weighted by Gasteiger charge is -2.28. The van der Waals surface area contributed by atoms with Gasteiger partial charge in [-0.1, -0.05) is 36.4 Å². The van der Waals surface area contributed by atoms with Crippen LogP contribution in [0.15, 0.2) is 65.6 Å². The predicted octanol–water partition coefficient (Wildman–Crippen LogP) is 5.61. The SMILES string of the molecule is CCOP(=O)(OCC)C(C[C@H]1O[C@@H](OC(C)=O)C(OC(=O)c2ccccc2)[C@@H]1F)Sc1ccccc1. The molecule has 1 aliphatic rings. The lowest BCUT2D eigenvalue weighted by atomic mass is 10.1. The maximum absolute atomic E-state index is 15.7. The Morgan fingerprint density at radius 2 is 1.58 bits per heavy atom. The summed E-state index contributed by atoms with van der Waals surface area (Å²) in [6.45, 7) is 4.78. The summed E-state index contributed by atoms with van der Waals surface area (Å²) >= 11 is 1.22. The van der Waals surface area contributed by atoms with Crippen molar-refractivity contribution < 1.29 is 41.8 Å². The van der Waals surface area contributed by atoms with E-state index in [1.54, 1.807) is 32.0 Å². The first-order valence-corrected chi connectivity index (χ1v) is 14.1. The van der Waals surface area contributed by atoms with E-state index in [0.717, 1.165) is 11.8 Å². The Kier molecular flexibility index (Phi) is 10.5. The molecule has 2 aromatic carbocycles. The van der Waals surface area contributed by atoms with E-state index in [1.165, 1.54) is 23.9 Å². The Bertz CT molecular complexity index is 1030. The van der Waals surface area contributed by atoms with Gasteiger partial charge >= 0.3 is 19.5 Å². The van der Waals surface area contributed by atoms with Crippen molar-refractivity contribution in [2.24, 2.45) is 0 Å². The summed E-state index contributed by atoms with van der Waals surface area (Å²) in [6, 6.07) is 17.2. The Hall–Kier alpha value is -2.23.